The standard InChI is InChI=1S/C19H25N3O4/c1-12-4-7-14(11-15(12)22-10-2-3-17(22)24)21-19(26)18(25)20-9-8-16(23)13-5-6-13/h4,7,11,13,16,23H,2-3,5-6,8-10H2,1H3,(H,20,25)(H,21,26)/t16-/m1/s1. The number of amides is 3. The number of carbonyl (C=O) groups is 3. The fourth-order valence-electron chi connectivity index (χ4n) is 3.20. The molecule has 1 aliphatic heterocycles. The lowest BCUT2D eigenvalue weighted by atomic mass is 10.1. The average Bonchev–Trinajstić information content (AvgIpc) is 3.38. The number of aliphatic hydroxyl groups excluding tert-OH is 1. The van der Waals surface area contributed by atoms with E-state index >= 15 is 0 Å². The fraction of sp³-hybridized carbons (Fsp3) is 0.526. The summed E-state index contributed by atoms with van der Waals surface area (Å²) >= 11 is 0. The van der Waals surface area contributed by atoms with E-state index in [0.717, 1.165) is 30.5 Å². The van der Waals surface area contributed by atoms with Crippen molar-refractivity contribution >= 4 is 29.1 Å². The van der Waals surface area contributed by atoms with Crippen LogP contribution in [0.25, 0.3) is 0 Å². The van der Waals surface area contributed by atoms with Crippen molar-refractivity contribution in [2.24, 2.45) is 5.92 Å². The summed E-state index contributed by atoms with van der Waals surface area (Å²) in [4.78, 5) is 37.6. The minimum atomic E-state index is -0.756. The van der Waals surface area contributed by atoms with Crippen LogP contribution >= 0.6 is 0 Å². The van der Waals surface area contributed by atoms with E-state index < -0.39 is 17.9 Å². The Balaban J connectivity index is 1.54. The van der Waals surface area contributed by atoms with Crippen LogP contribution in [0.2, 0.25) is 0 Å². The molecule has 2 aliphatic rings. The Bertz CT molecular complexity index is 715. The normalized spacial score (nSPS) is 17.9. The molecule has 0 radical (unpaired) electrons. The number of nitrogens with zero attached hydrogens (tertiary/aromatic N) is 1. The quantitative estimate of drug-likeness (QED) is 0.668. The predicted molar refractivity (Wildman–Crippen MR) is 97.8 cm³/mol. The Labute approximate surface area is 152 Å². The van der Waals surface area contributed by atoms with Crippen molar-refractivity contribution in [2.75, 3.05) is 23.3 Å². The number of nitrogens with one attached hydrogen (secondary N) is 2. The highest BCUT2D eigenvalue weighted by molar-refractivity contribution is 6.39. The van der Waals surface area contributed by atoms with Crippen LogP contribution in [0.1, 0.15) is 37.7 Å². The molecule has 3 amide bonds. The summed E-state index contributed by atoms with van der Waals surface area (Å²) in [5.41, 5.74) is 2.18. The van der Waals surface area contributed by atoms with Crippen LogP contribution < -0.4 is 15.5 Å². The van der Waals surface area contributed by atoms with Crippen molar-refractivity contribution in [3.8, 4) is 0 Å². The Morgan fingerprint density at radius 2 is 2.08 bits per heavy atom. The van der Waals surface area contributed by atoms with E-state index in [-0.39, 0.29) is 12.5 Å². The second-order valence-electron chi connectivity index (χ2n) is 7.05. The van der Waals surface area contributed by atoms with Gasteiger partial charge in [0.1, 0.15) is 0 Å². The van der Waals surface area contributed by atoms with Gasteiger partial charge in [-0.15, -0.1) is 0 Å². The van der Waals surface area contributed by atoms with Crippen molar-refractivity contribution in [3.05, 3.63) is 23.8 Å². The number of aliphatic hydroxyl groups is 1. The molecule has 140 valence electrons. The maximum Gasteiger partial charge on any atom is 0.313 e. The first-order chi connectivity index (χ1) is 12.5. The number of rotatable bonds is 6. The van der Waals surface area contributed by atoms with E-state index in [4.69, 9.17) is 0 Å². The SMILES string of the molecule is Cc1ccc(NC(=O)C(=O)NCC[C@@H](O)C2CC2)cc1N1CCCC1=O. The van der Waals surface area contributed by atoms with Gasteiger partial charge in [-0.1, -0.05) is 6.07 Å². The Kier molecular flexibility index (Phi) is 5.56. The average molecular weight is 359 g/mol. The molecule has 1 atom stereocenters. The van der Waals surface area contributed by atoms with Gasteiger partial charge in [0.15, 0.2) is 0 Å². The molecule has 0 unspecified atom stereocenters. The van der Waals surface area contributed by atoms with E-state index in [1.807, 2.05) is 13.0 Å². The third kappa shape index (κ3) is 4.40. The van der Waals surface area contributed by atoms with Crippen LogP contribution in [0.5, 0.6) is 0 Å². The van der Waals surface area contributed by atoms with Crippen LogP contribution in [-0.4, -0.2) is 42.0 Å². The number of hydrogen-bond acceptors (Lipinski definition) is 4. The van der Waals surface area contributed by atoms with Gasteiger partial charge in [0.05, 0.1) is 6.10 Å². The summed E-state index contributed by atoms with van der Waals surface area (Å²) in [6.45, 7) is 2.84. The van der Waals surface area contributed by atoms with Gasteiger partial charge < -0.3 is 20.6 Å². The van der Waals surface area contributed by atoms with Crippen molar-refractivity contribution in [1.82, 2.24) is 5.32 Å². The molecule has 7 nitrogen and oxygen atoms in total. The number of aryl methyl sites for hydroxylation is 1. The van der Waals surface area contributed by atoms with Gasteiger partial charge in [0.25, 0.3) is 0 Å². The number of benzene rings is 1. The van der Waals surface area contributed by atoms with Crippen molar-refractivity contribution in [3.63, 3.8) is 0 Å². The lowest BCUT2D eigenvalue weighted by Crippen LogP contribution is -2.37. The molecule has 1 saturated carbocycles. The van der Waals surface area contributed by atoms with Crippen LogP contribution in [0.3, 0.4) is 0 Å². The Morgan fingerprint density at radius 3 is 2.73 bits per heavy atom. The molecule has 1 heterocycles. The molecule has 0 aromatic heterocycles. The molecule has 0 spiro atoms. The van der Waals surface area contributed by atoms with E-state index in [1.165, 1.54) is 0 Å². The van der Waals surface area contributed by atoms with Crippen molar-refractivity contribution in [1.29, 1.82) is 0 Å². The van der Waals surface area contributed by atoms with E-state index in [2.05, 4.69) is 10.6 Å². The zero-order valence-corrected chi connectivity index (χ0v) is 15.0. The first-order valence-electron chi connectivity index (χ1n) is 9.14. The zero-order valence-electron chi connectivity index (χ0n) is 15.0. The maximum absolute atomic E-state index is 12.1. The van der Waals surface area contributed by atoms with E-state index in [1.54, 1.807) is 17.0 Å². The number of hydrogen-bond donors (Lipinski definition) is 3. The van der Waals surface area contributed by atoms with Gasteiger partial charge in [-0.25, -0.2) is 0 Å². The summed E-state index contributed by atoms with van der Waals surface area (Å²) < 4.78 is 0. The van der Waals surface area contributed by atoms with Gasteiger partial charge in [0.2, 0.25) is 5.91 Å². The predicted octanol–water partition coefficient (Wildman–Crippen LogP) is 1.34. The summed E-state index contributed by atoms with van der Waals surface area (Å²) in [6.07, 6.45) is 3.47. The summed E-state index contributed by atoms with van der Waals surface area (Å²) in [6, 6.07) is 5.25. The third-order valence-electron chi connectivity index (χ3n) is 4.93. The number of carbonyl (C=O) groups excluding carboxylic acids is 3. The van der Waals surface area contributed by atoms with Crippen LogP contribution in [0.4, 0.5) is 11.4 Å². The van der Waals surface area contributed by atoms with Crippen LogP contribution in [0, 0.1) is 12.8 Å². The van der Waals surface area contributed by atoms with Crippen LogP contribution in [-0.2, 0) is 14.4 Å². The molecule has 7 heteroatoms. The molecule has 3 rings (SSSR count). The van der Waals surface area contributed by atoms with Gasteiger partial charge in [-0.05, 0) is 56.2 Å². The van der Waals surface area contributed by atoms with Gasteiger partial charge in [0, 0.05) is 30.9 Å². The van der Waals surface area contributed by atoms with Crippen molar-refractivity contribution in [2.45, 2.75) is 45.1 Å². The first kappa shape index (κ1) is 18.4. The fourth-order valence-corrected chi connectivity index (χ4v) is 3.20. The molecule has 1 saturated heterocycles. The van der Waals surface area contributed by atoms with Gasteiger partial charge in [-0.2, -0.15) is 0 Å². The van der Waals surface area contributed by atoms with Gasteiger partial charge in [-0.3, -0.25) is 14.4 Å². The molecule has 26 heavy (non-hydrogen) atoms. The largest absolute Gasteiger partial charge is 0.393 e. The lowest BCUT2D eigenvalue weighted by molar-refractivity contribution is -0.136. The topological polar surface area (TPSA) is 98.7 Å². The molecular formula is C19H25N3O4. The third-order valence-corrected chi connectivity index (χ3v) is 4.93. The maximum atomic E-state index is 12.1. The summed E-state index contributed by atoms with van der Waals surface area (Å²) in [5, 5.41) is 14.9. The minimum Gasteiger partial charge on any atom is -0.393 e. The highest BCUT2D eigenvalue weighted by atomic mass is 16.3. The smallest absolute Gasteiger partial charge is 0.313 e. The summed E-state index contributed by atoms with van der Waals surface area (Å²) in [7, 11) is 0. The Morgan fingerprint density at radius 1 is 1.31 bits per heavy atom. The molecule has 1 aromatic carbocycles. The van der Waals surface area contributed by atoms with Crippen molar-refractivity contribution < 1.29 is 19.5 Å². The molecule has 0 bridgehead atoms. The second kappa shape index (κ2) is 7.86. The molecule has 1 aliphatic carbocycles. The highest BCUT2D eigenvalue weighted by Crippen LogP contribution is 2.33. The second-order valence-corrected chi connectivity index (χ2v) is 7.05. The zero-order chi connectivity index (χ0) is 18.7. The van der Waals surface area contributed by atoms with E-state index in [9.17, 15) is 19.5 Å². The molecule has 1 aromatic rings. The van der Waals surface area contributed by atoms with E-state index in [0.29, 0.717) is 31.0 Å². The monoisotopic (exact) mass is 359 g/mol. The van der Waals surface area contributed by atoms with Gasteiger partial charge >= 0.3 is 11.8 Å². The Hall–Kier alpha value is -2.41. The molecule has 2 fully saturated rings. The summed E-state index contributed by atoms with van der Waals surface area (Å²) in [5.74, 6) is -1.07. The molecular weight excluding hydrogens is 334 g/mol. The van der Waals surface area contributed by atoms with Crippen LogP contribution in [0.15, 0.2) is 18.2 Å². The first-order valence-corrected chi connectivity index (χ1v) is 9.14. The minimum absolute atomic E-state index is 0.0727. The molecule has 3 N–H and O–H groups in total. The number of anilines is 2. The lowest BCUT2D eigenvalue weighted by Gasteiger charge is -2.19. The highest BCUT2D eigenvalue weighted by Gasteiger charge is 2.29.